The molecule has 1 aliphatic rings. The quantitative estimate of drug-likeness (QED) is 0.423. The number of halogens is 1. The zero-order chi connectivity index (χ0) is 26.2. The van der Waals surface area contributed by atoms with Gasteiger partial charge in [0, 0.05) is 36.5 Å². The van der Waals surface area contributed by atoms with Gasteiger partial charge in [0.05, 0.1) is 12.5 Å². The van der Waals surface area contributed by atoms with Crippen molar-refractivity contribution in [2.24, 2.45) is 5.92 Å². The van der Waals surface area contributed by atoms with Gasteiger partial charge in [-0.3, -0.25) is 14.4 Å². The van der Waals surface area contributed by atoms with E-state index in [0.29, 0.717) is 54.9 Å². The average Bonchev–Trinajstić information content (AvgIpc) is 2.91. The highest BCUT2D eigenvalue weighted by Crippen LogP contribution is 2.21. The Kier molecular flexibility index (Phi) is 8.90. The summed E-state index contributed by atoms with van der Waals surface area (Å²) in [6, 6.07) is 14.6. The Morgan fingerprint density at radius 3 is 2.70 bits per heavy atom. The lowest BCUT2D eigenvalue weighted by Gasteiger charge is -2.31. The lowest BCUT2D eigenvalue weighted by Crippen LogP contribution is -2.43. The van der Waals surface area contributed by atoms with E-state index in [2.05, 4.69) is 15.2 Å². The van der Waals surface area contributed by atoms with Crippen molar-refractivity contribution >= 4 is 23.5 Å². The van der Waals surface area contributed by atoms with E-state index >= 15 is 0 Å². The van der Waals surface area contributed by atoms with Crippen molar-refractivity contribution in [3.8, 4) is 17.1 Å². The van der Waals surface area contributed by atoms with Crippen LogP contribution in [0.25, 0.3) is 11.4 Å². The van der Waals surface area contributed by atoms with Crippen molar-refractivity contribution in [1.29, 1.82) is 0 Å². The van der Waals surface area contributed by atoms with Crippen molar-refractivity contribution < 1.29 is 19.1 Å². The predicted octanol–water partition coefficient (Wildman–Crippen LogP) is 3.80. The van der Waals surface area contributed by atoms with Gasteiger partial charge in [0.25, 0.3) is 5.56 Å². The van der Waals surface area contributed by atoms with Gasteiger partial charge in [-0.05, 0) is 61.7 Å². The number of hydrogen-bond donors (Lipinski definition) is 1. The third kappa shape index (κ3) is 7.16. The standard InChI is InChI=1S/C27H29ClN4O5/c1-2-36-27(35)20-6-4-14-32(16-20)24(33)13-12-23-26(34)29-25(31-30-23)19-8-10-22(11-9-19)37-17-18-5-3-7-21(28)15-18/h3,5,7-11,15,20H,2,4,6,12-14,16-17H2,1H3,(H,29,31,34)/t20-/m1/s1. The third-order valence-corrected chi connectivity index (χ3v) is 6.39. The number of benzene rings is 2. The number of rotatable bonds is 9. The van der Waals surface area contributed by atoms with Crippen molar-refractivity contribution in [3.05, 3.63) is 75.2 Å². The zero-order valence-electron chi connectivity index (χ0n) is 20.6. The molecule has 0 radical (unpaired) electrons. The number of aromatic amines is 1. The maximum Gasteiger partial charge on any atom is 0.310 e. The fourth-order valence-electron chi connectivity index (χ4n) is 4.20. The number of aryl methyl sites for hydroxylation is 1. The van der Waals surface area contributed by atoms with E-state index in [1.165, 1.54) is 0 Å². The van der Waals surface area contributed by atoms with E-state index in [0.717, 1.165) is 12.0 Å². The summed E-state index contributed by atoms with van der Waals surface area (Å²) in [5.41, 5.74) is 1.44. The van der Waals surface area contributed by atoms with Gasteiger partial charge in [0.2, 0.25) is 5.91 Å². The summed E-state index contributed by atoms with van der Waals surface area (Å²) >= 11 is 6.00. The first-order valence-electron chi connectivity index (χ1n) is 12.3. The molecule has 0 spiro atoms. The molecule has 9 nitrogen and oxygen atoms in total. The highest BCUT2D eigenvalue weighted by Gasteiger charge is 2.29. The van der Waals surface area contributed by atoms with Crippen LogP contribution in [-0.4, -0.2) is 51.7 Å². The average molecular weight is 525 g/mol. The first-order valence-corrected chi connectivity index (χ1v) is 12.7. The monoisotopic (exact) mass is 524 g/mol. The van der Waals surface area contributed by atoms with E-state index in [9.17, 15) is 14.4 Å². The van der Waals surface area contributed by atoms with E-state index in [4.69, 9.17) is 21.1 Å². The summed E-state index contributed by atoms with van der Waals surface area (Å²) in [4.78, 5) is 41.7. The van der Waals surface area contributed by atoms with Crippen LogP contribution in [0.5, 0.6) is 5.75 Å². The maximum absolute atomic E-state index is 12.7. The highest BCUT2D eigenvalue weighted by molar-refractivity contribution is 6.30. The number of aromatic nitrogens is 3. The van der Waals surface area contributed by atoms with E-state index in [1.807, 2.05) is 24.3 Å². The fraction of sp³-hybridized carbons (Fsp3) is 0.370. The fourth-order valence-corrected chi connectivity index (χ4v) is 4.41. The number of likely N-dealkylation sites (tertiary alicyclic amines) is 1. The molecule has 2 aromatic carbocycles. The Labute approximate surface area is 219 Å². The number of esters is 1. The molecule has 0 aliphatic carbocycles. The highest BCUT2D eigenvalue weighted by atomic mass is 35.5. The molecule has 2 heterocycles. The first-order chi connectivity index (χ1) is 17.9. The van der Waals surface area contributed by atoms with Gasteiger partial charge in [-0.15, -0.1) is 10.2 Å². The Morgan fingerprint density at radius 1 is 1.16 bits per heavy atom. The molecule has 1 atom stereocenters. The molecule has 37 heavy (non-hydrogen) atoms. The Balaban J connectivity index is 1.31. The van der Waals surface area contributed by atoms with E-state index in [1.54, 1.807) is 36.1 Å². The van der Waals surface area contributed by atoms with Crippen molar-refractivity contribution in [3.63, 3.8) is 0 Å². The number of piperidine rings is 1. The molecular formula is C27H29ClN4O5. The van der Waals surface area contributed by atoms with Crippen LogP contribution in [0, 0.1) is 5.92 Å². The molecule has 1 aromatic heterocycles. The molecule has 1 fully saturated rings. The summed E-state index contributed by atoms with van der Waals surface area (Å²) in [6.07, 6.45) is 1.74. The summed E-state index contributed by atoms with van der Waals surface area (Å²) in [7, 11) is 0. The van der Waals surface area contributed by atoms with Crippen LogP contribution in [0.3, 0.4) is 0 Å². The molecule has 10 heteroatoms. The predicted molar refractivity (Wildman–Crippen MR) is 138 cm³/mol. The number of nitrogens with zero attached hydrogens (tertiary/aromatic N) is 3. The lowest BCUT2D eigenvalue weighted by molar-refractivity contribution is -0.151. The molecule has 1 aliphatic heterocycles. The second-order valence-corrected chi connectivity index (χ2v) is 9.26. The minimum atomic E-state index is -0.387. The number of ether oxygens (including phenoxy) is 2. The summed E-state index contributed by atoms with van der Waals surface area (Å²) < 4.78 is 10.9. The summed E-state index contributed by atoms with van der Waals surface area (Å²) in [5, 5.41) is 8.86. The molecule has 0 bridgehead atoms. The number of nitrogens with one attached hydrogen (secondary N) is 1. The second-order valence-electron chi connectivity index (χ2n) is 8.82. The first kappa shape index (κ1) is 26.3. The van der Waals surface area contributed by atoms with Crippen molar-refractivity contribution in [2.45, 2.75) is 39.2 Å². The minimum Gasteiger partial charge on any atom is -0.489 e. The Hall–Kier alpha value is -3.72. The van der Waals surface area contributed by atoms with Crippen molar-refractivity contribution in [1.82, 2.24) is 20.1 Å². The molecule has 1 saturated heterocycles. The Morgan fingerprint density at radius 2 is 1.97 bits per heavy atom. The molecular weight excluding hydrogens is 496 g/mol. The van der Waals surface area contributed by atoms with E-state index < -0.39 is 0 Å². The van der Waals surface area contributed by atoms with Crippen LogP contribution in [0.2, 0.25) is 5.02 Å². The smallest absolute Gasteiger partial charge is 0.310 e. The zero-order valence-corrected chi connectivity index (χ0v) is 21.4. The summed E-state index contributed by atoms with van der Waals surface area (Å²) in [6.45, 7) is 3.40. The minimum absolute atomic E-state index is 0.116. The normalized spacial score (nSPS) is 15.3. The van der Waals surface area contributed by atoms with Crippen LogP contribution in [-0.2, 0) is 27.4 Å². The molecule has 4 rings (SSSR count). The van der Waals surface area contributed by atoms with Crippen LogP contribution in [0.4, 0.5) is 0 Å². The van der Waals surface area contributed by atoms with Gasteiger partial charge in [0.1, 0.15) is 18.1 Å². The summed E-state index contributed by atoms with van der Waals surface area (Å²) in [5.74, 6) is 0.312. The van der Waals surface area contributed by atoms with E-state index in [-0.39, 0.29) is 41.9 Å². The maximum atomic E-state index is 12.7. The van der Waals surface area contributed by atoms with Crippen LogP contribution in [0.1, 0.15) is 37.4 Å². The number of hydrogen-bond acceptors (Lipinski definition) is 7. The largest absolute Gasteiger partial charge is 0.489 e. The van der Waals surface area contributed by atoms with Gasteiger partial charge < -0.3 is 19.4 Å². The molecule has 3 aromatic rings. The molecule has 194 valence electrons. The van der Waals surface area contributed by atoms with Gasteiger partial charge in [0.15, 0.2) is 5.82 Å². The Bertz CT molecular complexity index is 1290. The topological polar surface area (TPSA) is 114 Å². The second kappa shape index (κ2) is 12.5. The van der Waals surface area contributed by atoms with Crippen LogP contribution < -0.4 is 10.3 Å². The van der Waals surface area contributed by atoms with Crippen LogP contribution >= 0.6 is 11.6 Å². The third-order valence-electron chi connectivity index (χ3n) is 6.16. The lowest BCUT2D eigenvalue weighted by atomic mass is 9.98. The molecule has 0 unspecified atom stereocenters. The number of carbonyl (C=O) groups is 2. The van der Waals surface area contributed by atoms with Gasteiger partial charge >= 0.3 is 5.97 Å². The van der Waals surface area contributed by atoms with Gasteiger partial charge in [-0.2, -0.15) is 0 Å². The molecule has 0 saturated carbocycles. The number of H-pyrrole nitrogens is 1. The van der Waals surface area contributed by atoms with Crippen LogP contribution in [0.15, 0.2) is 53.3 Å². The number of amides is 1. The van der Waals surface area contributed by atoms with Gasteiger partial charge in [-0.1, -0.05) is 23.7 Å². The van der Waals surface area contributed by atoms with Crippen molar-refractivity contribution in [2.75, 3.05) is 19.7 Å². The SMILES string of the molecule is CCOC(=O)[C@@H]1CCCN(C(=O)CCc2nnc(-c3ccc(OCc4cccc(Cl)c4)cc3)[nH]c2=O)C1. The van der Waals surface area contributed by atoms with Gasteiger partial charge in [-0.25, -0.2) is 0 Å². The number of carbonyl (C=O) groups excluding carboxylic acids is 2. The molecule has 1 amide bonds. The molecule has 1 N–H and O–H groups in total.